The minimum absolute atomic E-state index is 0.113. The van der Waals surface area contributed by atoms with Crippen LogP contribution in [0.3, 0.4) is 0 Å². The Morgan fingerprint density at radius 3 is 2.48 bits per heavy atom. The lowest BCUT2D eigenvalue weighted by molar-refractivity contribution is -0.274. The number of imidazole rings is 1. The number of alkyl halides is 3. The van der Waals surface area contributed by atoms with Crippen molar-refractivity contribution in [1.29, 1.82) is 0 Å². The van der Waals surface area contributed by atoms with Crippen molar-refractivity contribution >= 4 is 11.0 Å². The van der Waals surface area contributed by atoms with Gasteiger partial charge in [-0.15, -0.1) is 13.2 Å². The number of benzene rings is 2. The maximum Gasteiger partial charge on any atom is 0.573 e. The Labute approximate surface area is 166 Å². The zero-order valence-corrected chi connectivity index (χ0v) is 16.0. The summed E-state index contributed by atoms with van der Waals surface area (Å²) in [6, 6.07) is 13.5. The van der Waals surface area contributed by atoms with Crippen molar-refractivity contribution in [2.24, 2.45) is 0 Å². The summed E-state index contributed by atoms with van der Waals surface area (Å²) in [5, 5.41) is 0. The average molecular weight is 405 g/mol. The molecule has 0 amide bonds. The zero-order chi connectivity index (χ0) is 20.4. The predicted molar refractivity (Wildman–Crippen MR) is 103 cm³/mol. The molecule has 29 heavy (non-hydrogen) atoms. The molecule has 5 nitrogen and oxygen atoms in total. The molecule has 0 N–H and O–H groups in total. The topological polar surface area (TPSA) is 39.5 Å². The number of hydrogen-bond acceptors (Lipinski definition) is 4. The summed E-state index contributed by atoms with van der Waals surface area (Å²) in [5.41, 5.74) is 1.77. The highest BCUT2D eigenvalue weighted by atomic mass is 19.4. The first-order valence-corrected chi connectivity index (χ1v) is 9.51. The number of hydrogen-bond donors (Lipinski definition) is 0. The first-order valence-electron chi connectivity index (χ1n) is 9.51. The first kappa shape index (κ1) is 19.7. The molecule has 2 heterocycles. The average Bonchev–Trinajstić information content (AvgIpc) is 3.05. The third-order valence-corrected chi connectivity index (χ3v) is 5.11. The molecule has 0 saturated carbocycles. The second-order valence-electron chi connectivity index (χ2n) is 7.19. The van der Waals surface area contributed by atoms with Crippen LogP contribution in [-0.2, 0) is 11.5 Å². The molecule has 3 aromatic rings. The maximum atomic E-state index is 12.9. The van der Waals surface area contributed by atoms with Gasteiger partial charge in [0.15, 0.2) is 0 Å². The molecule has 0 aliphatic carbocycles. The fourth-order valence-electron chi connectivity index (χ4n) is 3.61. The molecule has 2 aromatic carbocycles. The Morgan fingerprint density at radius 2 is 1.72 bits per heavy atom. The molecule has 1 aliphatic rings. The van der Waals surface area contributed by atoms with Crippen molar-refractivity contribution in [1.82, 2.24) is 14.5 Å². The van der Waals surface area contributed by atoms with Crippen molar-refractivity contribution in [2.45, 2.75) is 32.0 Å². The van der Waals surface area contributed by atoms with Gasteiger partial charge in [-0.1, -0.05) is 24.3 Å². The Morgan fingerprint density at radius 1 is 1.03 bits per heavy atom. The van der Waals surface area contributed by atoms with Crippen LogP contribution in [0.25, 0.3) is 22.4 Å². The molecule has 0 spiro atoms. The van der Waals surface area contributed by atoms with Gasteiger partial charge in [0.2, 0.25) is 0 Å². The summed E-state index contributed by atoms with van der Waals surface area (Å²) < 4.78 is 50.8. The minimum Gasteiger partial charge on any atom is -0.405 e. The lowest BCUT2D eigenvalue weighted by atomic mass is 10.1. The van der Waals surface area contributed by atoms with Gasteiger partial charge in [0.05, 0.1) is 22.7 Å². The molecule has 4 rings (SSSR count). The Bertz CT molecular complexity index is 979. The van der Waals surface area contributed by atoms with E-state index in [0.29, 0.717) is 11.3 Å². The van der Waals surface area contributed by atoms with E-state index in [1.54, 1.807) is 12.1 Å². The fraction of sp³-hybridized carbons (Fsp3) is 0.381. The number of likely N-dealkylation sites (tertiary alicyclic amines) is 1. The molecule has 8 heteroatoms. The highest BCUT2D eigenvalue weighted by Gasteiger charge is 2.33. The summed E-state index contributed by atoms with van der Waals surface area (Å²) in [6.07, 6.45) is -2.82. The van der Waals surface area contributed by atoms with Crippen LogP contribution < -0.4 is 4.74 Å². The van der Waals surface area contributed by atoms with Gasteiger partial charge >= 0.3 is 6.36 Å². The molecule has 0 unspecified atom stereocenters. The summed E-state index contributed by atoms with van der Waals surface area (Å²) in [5.74, 6) is 0.106. The van der Waals surface area contributed by atoms with Gasteiger partial charge in [-0.25, -0.2) is 4.98 Å². The Kier molecular flexibility index (Phi) is 5.47. The van der Waals surface area contributed by atoms with E-state index in [-0.39, 0.29) is 24.1 Å². The normalized spacial score (nSPS) is 16.4. The maximum absolute atomic E-state index is 12.9. The van der Waals surface area contributed by atoms with E-state index in [9.17, 15) is 13.2 Å². The molecule has 1 fully saturated rings. The summed E-state index contributed by atoms with van der Waals surface area (Å²) >= 11 is 0. The zero-order valence-electron chi connectivity index (χ0n) is 16.0. The van der Waals surface area contributed by atoms with E-state index in [4.69, 9.17) is 4.74 Å². The highest BCUT2D eigenvalue weighted by molar-refractivity contribution is 5.81. The first-order chi connectivity index (χ1) is 13.9. The van der Waals surface area contributed by atoms with Crippen LogP contribution in [0.1, 0.15) is 12.8 Å². The number of piperidine rings is 1. The minimum atomic E-state index is -4.78. The molecular formula is C21H22F3N3O2. The van der Waals surface area contributed by atoms with Crippen LogP contribution in [0.15, 0.2) is 48.5 Å². The van der Waals surface area contributed by atoms with Crippen molar-refractivity contribution in [2.75, 3.05) is 20.1 Å². The summed E-state index contributed by atoms with van der Waals surface area (Å²) in [4.78, 5) is 6.83. The van der Waals surface area contributed by atoms with E-state index in [0.717, 1.165) is 31.4 Å². The molecule has 1 aliphatic heterocycles. The quantitative estimate of drug-likeness (QED) is 0.619. The van der Waals surface area contributed by atoms with Crippen molar-refractivity contribution in [3.8, 4) is 17.1 Å². The number of para-hydroxylation sites is 3. The van der Waals surface area contributed by atoms with Crippen LogP contribution >= 0.6 is 0 Å². The third kappa shape index (κ3) is 4.54. The second-order valence-corrected chi connectivity index (χ2v) is 7.19. The van der Waals surface area contributed by atoms with E-state index in [2.05, 4.69) is 21.7 Å². The van der Waals surface area contributed by atoms with Gasteiger partial charge in [-0.3, -0.25) is 4.57 Å². The number of nitrogens with zero attached hydrogens (tertiary/aromatic N) is 3. The standard InChI is InChI=1S/C21H22F3N3O2/c1-26-12-10-15(11-13-26)28-14-27-18-8-4-3-7-17(18)25-20(27)16-6-2-5-9-19(16)29-21(22,23)24/h2-9,15H,10-14H2,1H3. The smallest absolute Gasteiger partial charge is 0.405 e. The van der Waals surface area contributed by atoms with Crippen LogP contribution in [0.2, 0.25) is 0 Å². The van der Waals surface area contributed by atoms with Crippen LogP contribution in [-0.4, -0.2) is 47.1 Å². The molecule has 1 aromatic heterocycles. The molecule has 154 valence electrons. The highest BCUT2D eigenvalue weighted by Crippen LogP contribution is 2.35. The van der Waals surface area contributed by atoms with Gasteiger partial charge in [0, 0.05) is 13.1 Å². The lowest BCUT2D eigenvalue weighted by Crippen LogP contribution is -2.34. The van der Waals surface area contributed by atoms with Crippen molar-refractivity contribution in [3.05, 3.63) is 48.5 Å². The number of fused-ring (bicyclic) bond motifs is 1. The predicted octanol–water partition coefficient (Wildman–Crippen LogP) is 4.67. The van der Waals surface area contributed by atoms with Gasteiger partial charge < -0.3 is 14.4 Å². The van der Waals surface area contributed by atoms with Crippen LogP contribution in [0, 0.1) is 0 Å². The van der Waals surface area contributed by atoms with Gasteiger partial charge in [-0.2, -0.15) is 0 Å². The number of halogens is 3. The Balaban J connectivity index is 1.69. The van der Waals surface area contributed by atoms with Crippen LogP contribution in [0.4, 0.5) is 13.2 Å². The second kappa shape index (κ2) is 8.04. The largest absolute Gasteiger partial charge is 0.573 e. The number of rotatable bonds is 5. The van der Waals surface area contributed by atoms with E-state index >= 15 is 0 Å². The molecule has 0 radical (unpaired) electrons. The number of ether oxygens (including phenoxy) is 2. The number of aromatic nitrogens is 2. The fourth-order valence-corrected chi connectivity index (χ4v) is 3.61. The molecule has 0 atom stereocenters. The van der Waals surface area contributed by atoms with Crippen LogP contribution in [0.5, 0.6) is 5.75 Å². The van der Waals surface area contributed by atoms with E-state index < -0.39 is 6.36 Å². The lowest BCUT2D eigenvalue weighted by Gasteiger charge is -2.29. The van der Waals surface area contributed by atoms with E-state index in [1.807, 2.05) is 28.8 Å². The summed E-state index contributed by atoms with van der Waals surface area (Å²) in [6.45, 7) is 2.14. The summed E-state index contributed by atoms with van der Waals surface area (Å²) in [7, 11) is 2.08. The van der Waals surface area contributed by atoms with Gasteiger partial charge in [-0.05, 0) is 44.2 Å². The third-order valence-electron chi connectivity index (χ3n) is 5.11. The van der Waals surface area contributed by atoms with Crippen molar-refractivity contribution < 1.29 is 22.6 Å². The Hall–Kier alpha value is -2.58. The molecule has 1 saturated heterocycles. The SMILES string of the molecule is CN1CCC(OCn2c(-c3ccccc3OC(F)(F)F)nc3ccccc32)CC1. The monoisotopic (exact) mass is 405 g/mol. The van der Waals surface area contributed by atoms with E-state index in [1.165, 1.54) is 12.1 Å². The van der Waals surface area contributed by atoms with Crippen molar-refractivity contribution in [3.63, 3.8) is 0 Å². The molecule has 0 bridgehead atoms. The van der Waals surface area contributed by atoms with Gasteiger partial charge in [0.1, 0.15) is 18.3 Å². The van der Waals surface area contributed by atoms with Gasteiger partial charge in [0.25, 0.3) is 0 Å². The molecular weight excluding hydrogens is 383 g/mol.